The summed E-state index contributed by atoms with van der Waals surface area (Å²) in [6.45, 7) is 9.50. The van der Waals surface area contributed by atoms with E-state index in [0.717, 1.165) is 16.7 Å². The van der Waals surface area contributed by atoms with Crippen LogP contribution in [0.2, 0.25) is 0 Å². The van der Waals surface area contributed by atoms with Gasteiger partial charge < -0.3 is 38.5 Å². The van der Waals surface area contributed by atoms with E-state index in [2.05, 4.69) is 5.32 Å². The first kappa shape index (κ1) is 40.9. The number of carbonyl (C=O) groups excluding carboxylic acids is 2. The smallest absolute Gasteiger partial charge is 0.408 e. The summed E-state index contributed by atoms with van der Waals surface area (Å²) in [7, 11) is 0. The van der Waals surface area contributed by atoms with E-state index in [0.29, 0.717) is 17.1 Å². The summed E-state index contributed by atoms with van der Waals surface area (Å²) in [6, 6.07) is 35.2. The van der Waals surface area contributed by atoms with Crippen LogP contribution in [0.1, 0.15) is 57.7 Å². The van der Waals surface area contributed by atoms with Crippen LogP contribution in [-0.2, 0) is 29.4 Å². The molecule has 11 heteroatoms. The number of amides is 1. The molecule has 1 aromatic heterocycles. The van der Waals surface area contributed by atoms with Gasteiger partial charge in [0, 0.05) is 17.7 Å². The van der Waals surface area contributed by atoms with Crippen LogP contribution >= 0.6 is 0 Å². The van der Waals surface area contributed by atoms with Gasteiger partial charge in [0.25, 0.3) is 0 Å². The van der Waals surface area contributed by atoms with Crippen molar-refractivity contribution in [3.8, 4) is 40.1 Å². The number of esters is 1. The fraction of sp³-hybridized carbons (Fsp3) is 0.255. The molecule has 0 spiro atoms. The van der Waals surface area contributed by atoms with Gasteiger partial charge in [0.15, 0.2) is 17.3 Å². The number of fused-ring (bicyclic) bond motifs is 1. The highest BCUT2D eigenvalue weighted by molar-refractivity contribution is 5.90. The summed E-state index contributed by atoms with van der Waals surface area (Å²) in [6.07, 6.45) is -0.655. The highest BCUT2D eigenvalue weighted by Crippen LogP contribution is 2.40. The highest BCUT2D eigenvalue weighted by atomic mass is 16.6. The molecule has 1 atom stereocenters. The predicted molar refractivity (Wildman–Crippen MR) is 220 cm³/mol. The van der Waals surface area contributed by atoms with Gasteiger partial charge in [-0.15, -0.1) is 0 Å². The molecule has 0 saturated heterocycles. The fourth-order valence-electron chi connectivity index (χ4n) is 6.02. The van der Waals surface area contributed by atoms with Crippen LogP contribution in [0.3, 0.4) is 0 Å². The number of phenolic OH excluding ortho intramolecular Hbond substituents is 1. The van der Waals surface area contributed by atoms with Crippen molar-refractivity contribution in [1.82, 2.24) is 5.32 Å². The van der Waals surface area contributed by atoms with Gasteiger partial charge in [-0.05, 0) is 68.0 Å². The van der Waals surface area contributed by atoms with Gasteiger partial charge in [-0.1, -0.05) is 105 Å². The van der Waals surface area contributed by atoms with Crippen molar-refractivity contribution in [3.05, 3.63) is 148 Å². The standard InChI is InChI=1S/C47H47NO10/c1-30(2)23-36(48-46(52)58-47(3,4)5)45(51)57-44-42(50)41-37(49)25-35(53-27-31-15-9-6-10-16-31)26-40(41)56-43(44)34-21-22-38(54-28-32-17-11-7-12-18-32)39(24-34)55-29-33-19-13-8-14-20-33/h6-22,24-26,30,36,49H,23,27-29H2,1-5H3,(H,48,52)/t36-/m1/s1. The minimum absolute atomic E-state index is 0.0235. The van der Waals surface area contributed by atoms with Gasteiger partial charge in [0.05, 0.1) is 0 Å². The molecule has 2 N–H and O–H groups in total. The third kappa shape index (κ3) is 11.0. The number of phenols is 1. The Balaban J connectivity index is 1.44. The molecule has 0 aliphatic rings. The number of aromatic hydroxyl groups is 1. The van der Waals surface area contributed by atoms with Crippen molar-refractivity contribution in [1.29, 1.82) is 0 Å². The summed E-state index contributed by atoms with van der Waals surface area (Å²) in [5, 5.41) is 13.6. The quantitative estimate of drug-likeness (QED) is 0.0967. The monoisotopic (exact) mass is 785 g/mol. The maximum absolute atomic E-state index is 14.4. The van der Waals surface area contributed by atoms with E-state index < -0.39 is 40.6 Å². The molecule has 0 bridgehead atoms. The van der Waals surface area contributed by atoms with Crippen LogP contribution in [0.15, 0.2) is 131 Å². The molecule has 1 amide bonds. The second kappa shape index (κ2) is 18.5. The molecule has 0 aliphatic carbocycles. The maximum Gasteiger partial charge on any atom is 0.408 e. The average molecular weight is 786 g/mol. The third-order valence-corrected chi connectivity index (χ3v) is 8.72. The molecule has 0 saturated carbocycles. The van der Waals surface area contributed by atoms with Gasteiger partial charge in [-0.3, -0.25) is 4.79 Å². The largest absolute Gasteiger partial charge is 0.507 e. The van der Waals surface area contributed by atoms with Crippen molar-refractivity contribution in [2.45, 2.75) is 72.5 Å². The number of nitrogens with one attached hydrogen (secondary N) is 1. The molecule has 1 heterocycles. The Labute approximate surface area is 337 Å². The number of hydrogen-bond acceptors (Lipinski definition) is 10. The molecule has 0 radical (unpaired) electrons. The lowest BCUT2D eigenvalue weighted by Gasteiger charge is -2.24. The van der Waals surface area contributed by atoms with E-state index in [1.165, 1.54) is 12.1 Å². The molecular weight excluding hydrogens is 739 g/mol. The molecule has 0 aliphatic heterocycles. The van der Waals surface area contributed by atoms with Crippen molar-refractivity contribution in [2.24, 2.45) is 5.92 Å². The van der Waals surface area contributed by atoms with Crippen LogP contribution in [0.4, 0.5) is 4.79 Å². The van der Waals surface area contributed by atoms with E-state index in [9.17, 15) is 19.5 Å². The van der Waals surface area contributed by atoms with Crippen molar-refractivity contribution in [3.63, 3.8) is 0 Å². The average Bonchev–Trinajstić information content (AvgIpc) is 3.19. The Bertz CT molecular complexity index is 2390. The molecular formula is C47H47NO10. The molecule has 0 unspecified atom stereocenters. The first-order chi connectivity index (χ1) is 27.8. The van der Waals surface area contributed by atoms with Crippen LogP contribution in [-0.4, -0.2) is 28.8 Å². The summed E-state index contributed by atoms with van der Waals surface area (Å²) in [5.41, 5.74) is 1.35. The van der Waals surface area contributed by atoms with Gasteiger partial charge in [-0.25, -0.2) is 9.59 Å². The second-order valence-electron chi connectivity index (χ2n) is 15.1. The number of rotatable bonds is 15. The zero-order valence-corrected chi connectivity index (χ0v) is 33.2. The van der Waals surface area contributed by atoms with Gasteiger partial charge in [0.2, 0.25) is 11.2 Å². The van der Waals surface area contributed by atoms with E-state index in [-0.39, 0.29) is 54.6 Å². The maximum atomic E-state index is 14.4. The van der Waals surface area contributed by atoms with E-state index in [1.807, 2.05) is 105 Å². The lowest BCUT2D eigenvalue weighted by Crippen LogP contribution is -2.46. The predicted octanol–water partition coefficient (Wildman–Crippen LogP) is 9.75. The SMILES string of the molecule is CC(C)C[C@@H](NC(=O)OC(C)(C)C)C(=O)Oc1c(-c2ccc(OCc3ccccc3)c(OCc3ccccc3)c2)oc2cc(OCc3ccccc3)cc(O)c2c1=O. The molecule has 5 aromatic carbocycles. The Kier molecular flexibility index (Phi) is 13.0. The topological polar surface area (TPSA) is 143 Å². The Morgan fingerprint density at radius 1 is 0.724 bits per heavy atom. The summed E-state index contributed by atoms with van der Waals surface area (Å²) >= 11 is 0. The lowest BCUT2D eigenvalue weighted by atomic mass is 10.0. The second-order valence-corrected chi connectivity index (χ2v) is 15.1. The molecule has 11 nitrogen and oxygen atoms in total. The zero-order chi connectivity index (χ0) is 41.2. The summed E-state index contributed by atoms with van der Waals surface area (Å²) in [4.78, 5) is 41.3. The molecule has 6 aromatic rings. The fourth-order valence-corrected chi connectivity index (χ4v) is 6.02. The molecule has 300 valence electrons. The van der Waals surface area contributed by atoms with Gasteiger partial charge in [0.1, 0.15) is 53.9 Å². The number of alkyl carbamates (subject to hydrolysis) is 1. The number of ether oxygens (including phenoxy) is 5. The number of carbonyl (C=O) groups is 2. The van der Waals surface area contributed by atoms with Gasteiger partial charge in [-0.2, -0.15) is 0 Å². The molecule has 6 rings (SSSR count). The first-order valence-electron chi connectivity index (χ1n) is 19.0. The number of benzene rings is 5. The molecule has 0 fully saturated rings. The zero-order valence-electron chi connectivity index (χ0n) is 33.2. The molecule has 58 heavy (non-hydrogen) atoms. The van der Waals surface area contributed by atoms with E-state index in [4.69, 9.17) is 28.1 Å². The summed E-state index contributed by atoms with van der Waals surface area (Å²) < 4.78 is 36.2. The Morgan fingerprint density at radius 2 is 1.28 bits per heavy atom. The minimum atomic E-state index is -1.20. The highest BCUT2D eigenvalue weighted by Gasteiger charge is 2.30. The van der Waals surface area contributed by atoms with Crippen LogP contribution in [0.25, 0.3) is 22.3 Å². The van der Waals surface area contributed by atoms with Gasteiger partial charge >= 0.3 is 12.1 Å². The van der Waals surface area contributed by atoms with E-state index in [1.54, 1.807) is 39.0 Å². The van der Waals surface area contributed by atoms with Crippen LogP contribution in [0, 0.1) is 5.92 Å². The summed E-state index contributed by atoms with van der Waals surface area (Å²) in [5.74, 6) is -1.10. The van der Waals surface area contributed by atoms with Crippen molar-refractivity contribution >= 4 is 23.0 Å². The third-order valence-electron chi connectivity index (χ3n) is 8.72. The van der Waals surface area contributed by atoms with Crippen molar-refractivity contribution < 1.29 is 42.8 Å². The Hall–Kier alpha value is -6.75. The van der Waals surface area contributed by atoms with Crippen molar-refractivity contribution in [2.75, 3.05) is 0 Å². The normalized spacial score (nSPS) is 11.8. The number of hydrogen-bond donors (Lipinski definition) is 2. The Morgan fingerprint density at radius 3 is 1.83 bits per heavy atom. The van der Waals surface area contributed by atoms with Crippen LogP contribution < -0.4 is 29.7 Å². The van der Waals surface area contributed by atoms with Crippen LogP contribution in [0.5, 0.6) is 28.7 Å². The minimum Gasteiger partial charge on any atom is -0.507 e. The lowest BCUT2D eigenvalue weighted by molar-refractivity contribution is -0.137. The first-order valence-corrected chi connectivity index (χ1v) is 19.0. The van der Waals surface area contributed by atoms with E-state index >= 15 is 0 Å².